The van der Waals surface area contributed by atoms with Crippen molar-refractivity contribution in [3.05, 3.63) is 72.2 Å². The number of nitrogens with one attached hydrogen (secondary N) is 1. The molecule has 4 rings (SSSR count). The van der Waals surface area contributed by atoms with Crippen LogP contribution >= 0.6 is 0 Å². The Kier molecular flexibility index (Phi) is 5.81. The standard InChI is InChI=1S/C23H24N4O2/c1-29-20-6-2-5-17(14-20)18-13-19(16-25-15-18)23(28)21-7-3-8-22(26-21)27-11-4-9-24-10-12-27/h2-3,5-8,13-16,24H,4,9-12H2,1H3. The average Bonchev–Trinajstić information content (AvgIpc) is 3.08. The van der Waals surface area contributed by atoms with Crippen LogP contribution in [0.15, 0.2) is 60.9 Å². The first-order valence-electron chi connectivity index (χ1n) is 9.81. The van der Waals surface area contributed by atoms with Crippen LogP contribution < -0.4 is 15.0 Å². The van der Waals surface area contributed by atoms with E-state index < -0.39 is 0 Å². The minimum Gasteiger partial charge on any atom is -0.497 e. The summed E-state index contributed by atoms with van der Waals surface area (Å²) in [6, 6.07) is 15.2. The molecule has 0 saturated carbocycles. The third-order valence-corrected chi connectivity index (χ3v) is 5.03. The van der Waals surface area contributed by atoms with E-state index in [0.717, 1.165) is 55.3 Å². The first kappa shape index (κ1) is 19.1. The average molecular weight is 388 g/mol. The minimum atomic E-state index is -0.128. The smallest absolute Gasteiger partial charge is 0.212 e. The SMILES string of the molecule is COc1cccc(-c2cncc(C(=O)c3cccc(N4CCCNCC4)n3)c2)c1. The summed E-state index contributed by atoms with van der Waals surface area (Å²) in [5.74, 6) is 1.48. The van der Waals surface area contributed by atoms with Gasteiger partial charge in [-0.3, -0.25) is 9.78 Å². The highest BCUT2D eigenvalue weighted by Crippen LogP contribution is 2.24. The molecule has 6 heteroatoms. The molecular weight excluding hydrogens is 364 g/mol. The van der Waals surface area contributed by atoms with Crippen molar-refractivity contribution in [3.63, 3.8) is 0 Å². The van der Waals surface area contributed by atoms with Crippen molar-refractivity contribution in [2.45, 2.75) is 6.42 Å². The van der Waals surface area contributed by atoms with Crippen molar-refractivity contribution < 1.29 is 9.53 Å². The number of carbonyl (C=O) groups is 1. The van der Waals surface area contributed by atoms with E-state index in [0.29, 0.717) is 11.3 Å². The Bertz CT molecular complexity index is 997. The fourth-order valence-electron chi connectivity index (χ4n) is 3.47. The molecule has 0 amide bonds. The lowest BCUT2D eigenvalue weighted by Gasteiger charge is -2.21. The van der Waals surface area contributed by atoms with Crippen LogP contribution in [-0.4, -0.2) is 49.0 Å². The number of pyridine rings is 2. The van der Waals surface area contributed by atoms with Gasteiger partial charge in [-0.1, -0.05) is 18.2 Å². The molecule has 1 saturated heterocycles. The molecule has 29 heavy (non-hydrogen) atoms. The molecule has 1 aromatic carbocycles. The maximum Gasteiger partial charge on any atom is 0.212 e. The van der Waals surface area contributed by atoms with E-state index in [1.54, 1.807) is 25.6 Å². The number of aromatic nitrogens is 2. The summed E-state index contributed by atoms with van der Waals surface area (Å²) in [4.78, 5) is 24.2. The highest BCUT2D eigenvalue weighted by Gasteiger charge is 2.16. The van der Waals surface area contributed by atoms with Gasteiger partial charge in [-0.15, -0.1) is 0 Å². The van der Waals surface area contributed by atoms with Gasteiger partial charge in [0.2, 0.25) is 5.78 Å². The molecule has 0 unspecified atom stereocenters. The Balaban J connectivity index is 1.60. The molecule has 6 nitrogen and oxygen atoms in total. The lowest BCUT2D eigenvalue weighted by Crippen LogP contribution is -2.28. The molecule has 3 heterocycles. The molecule has 0 atom stereocenters. The van der Waals surface area contributed by atoms with Crippen LogP contribution in [0.2, 0.25) is 0 Å². The first-order chi connectivity index (χ1) is 14.2. The second kappa shape index (κ2) is 8.84. The summed E-state index contributed by atoms with van der Waals surface area (Å²) in [5, 5.41) is 3.39. The molecule has 1 N–H and O–H groups in total. The number of hydrogen-bond acceptors (Lipinski definition) is 6. The second-order valence-electron chi connectivity index (χ2n) is 6.99. The van der Waals surface area contributed by atoms with E-state index in [9.17, 15) is 4.79 Å². The number of ether oxygens (including phenoxy) is 1. The van der Waals surface area contributed by atoms with Crippen LogP contribution in [0.3, 0.4) is 0 Å². The highest BCUT2D eigenvalue weighted by atomic mass is 16.5. The topological polar surface area (TPSA) is 67.3 Å². The Morgan fingerprint density at radius 1 is 1.03 bits per heavy atom. The van der Waals surface area contributed by atoms with E-state index >= 15 is 0 Å². The molecular formula is C23H24N4O2. The van der Waals surface area contributed by atoms with Crippen LogP contribution in [0.1, 0.15) is 22.5 Å². The van der Waals surface area contributed by atoms with Crippen molar-refractivity contribution in [1.82, 2.24) is 15.3 Å². The Hall–Kier alpha value is -3.25. The van der Waals surface area contributed by atoms with Crippen LogP contribution in [0.25, 0.3) is 11.1 Å². The molecule has 148 valence electrons. The molecule has 1 aliphatic heterocycles. The fourth-order valence-corrected chi connectivity index (χ4v) is 3.47. The number of benzene rings is 1. The van der Waals surface area contributed by atoms with Crippen molar-refractivity contribution >= 4 is 11.6 Å². The second-order valence-corrected chi connectivity index (χ2v) is 6.99. The zero-order chi connectivity index (χ0) is 20.1. The van der Waals surface area contributed by atoms with Gasteiger partial charge in [0.15, 0.2) is 0 Å². The zero-order valence-corrected chi connectivity index (χ0v) is 16.5. The van der Waals surface area contributed by atoms with Crippen LogP contribution in [0.4, 0.5) is 5.82 Å². The minimum absolute atomic E-state index is 0.128. The number of rotatable bonds is 5. The first-order valence-corrected chi connectivity index (χ1v) is 9.81. The van der Waals surface area contributed by atoms with E-state index in [-0.39, 0.29) is 5.78 Å². The lowest BCUT2D eigenvalue weighted by molar-refractivity contribution is 0.103. The maximum atomic E-state index is 13.1. The molecule has 2 aromatic heterocycles. The van der Waals surface area contributed by atoms with Crippen LogP contribution in [-0.2, 0) is 0 Å². The summed E-state index contributed by atoms with van der Waals surface area (Å²) in [5.41, 5.74) is 2.77. The predicted molar refractivity (Wildman–Crippen MR) is 114 cm³/mol. The van der Waals surface area contributed by atoms with Crippen molar-refractivity contribution in [2.75, 3.05) is 38.2 Å². The third kappa shape index (κ3) is 4.43. The normalized spacial score (nSPS) is 14.3. The van der Waals surface area contributed by atoms with Crippen LogP contribution in [0.5, 0.6) is 5.75 Å². The summed E-state index contributed by atoms with van der Waals surface area (Å²) >= 11 is 0. The Morgan fingerprint density at radius 2 is 1.93 bits per heavy atom. The molecule has 0 spiro atoms. The van der Waals surface area contributed by atoms with E-state index in [1.165, 1.54) is 0 Å². The van der Waals surface area contributed by atoms with E-state index in [2.05, 4.69) is 20.2 Å². The van der Waals surface area contributed by atoms with Gasteiger partial charge in [0, 0.05) is 43.2 Å². The quantitative estimate of drug-likeness (QED) is 0.677. The molecule has 0 aliphatic carbocycles. The van der Waals surface area contributed by atoms with Gasteiger partial charge in [-0.05, 0) is 48.9 Å². The van der Waals surface area contributed by atoms with E-state index in [1.807, 2.05) is 42.5 Å². The molecule has 0 radical (unpaired) electrons. The highest BCUT2D eigenvalue weighted by molar-refractivity contribution is 6.08. The van der Waals surface area contributed by atoms with Crippen molar-refractivity contribution in [2.24, 2.45) is 0 Å². The number of anilines is 1. The molecule has 1 fully saturated rings. The number of nitrogens with zero attached hydrogens (tertiary/aromatic N) is 3. The third-order valence-electron chi connectivity index (χ3n) is 5.03. The summed E-state index contributed by atoms with van der Waals surface area (Å²) in [6.07, 6.45) is 4.40. The molecule has 3 aromatic rings. The van der Waals surface area contributed by atoms with Crippen molar-refractivity contribution in [3.8, 4) is 16.9 Å². The van der Waals surface area contributed by atoms with Gasteiger partial charge in [0.1, 0.15) is 17.3 Å². The number of hydrogen-bond donors (Lipinski definition) is 1. The Labute approximate surface area is 170 Å². The number of ketones is 1. The summed E-state index contributed by atoms with van der Waals surface area (Å²) < 4.78 is 5.30. The van der Waals surface area contributed by atoms with Gasteiger partial charge < -0.3 is 15.0 Å². The summed E-state index contributed by atoms with van der Waals surface area (Å²) in [7, 11) is 1.64. The number of carbonyl (C=O) groups excluding carboxylic acids is 1. The molecule has 1 aliphatic rings. The van der Waals surface area contributed by atoms with Gasteiger partial charge in [0.05, 0.1) is 7.11 Å². The largest absolute Gasteiger partial charge is 0.497 e. The predicted octanol–water partition coefficient (Wildman–Crippen LogP) is 3.18. The van der Waals surface area contributed by atoms with Crippen molar-refractivity contribution in [1.29, 1.82) is 0 Å². The molecule has 0 bridgehead atoms. The Morgan fingerprint density at radius 3 is 2.83 bits per heavy atom. The van der Waals surface area contributed by atoms with Gasteiger partial charge in [-0.25, -0.2) is 4.98 Å². The van der Waals surface area contributed by atoms with Crippen LogP contribution in [0, 0.1) is 0 Å². The number of methoxy groups -OCH3 is 1. The fraction of sp³-hybridized carbons (Fsp3) is 0.261. The van der Waals surface area contributed by atoms with Gasteiger partial charge in [0.25, 0.3) is 0 Å². The van der Waals surface area contributed by atoms with Gasteiger partial charge in [-0.2, -0.15) is 0 Å². The zero-order valence-electron chi connectivity index (χ0n) is 16.5. The summed E-state index contributed by atoms with van der Waals surface area (Å²) in [6.45, 7) is 3.76. The van der Waals surface area contributed by atoms with E-state index in [4.69, 9.17) is 4.74 Å². The van der Waals surface area contributed by atoms with Gasteiger partial charge >= 0.3 is 0 Å². The maximum absolute atomic E-state index is 13.1. The lowest BCUT2D eigenvalue weighted by atomic mass is 10.0. The monoisotopic (exact) mass is 388 g/mol.